The van der Waals surface area contributed by atoms with Crippen LogP contribution in [0.2, 0.25) is 0 Å². The van der Waals surface area contributed by atoms with Crippen molar-refractivity contribution in [2.24, 2.45) is 0 Å². The van der Waals surface area contributed by atoms with E-state index in [-0.39, 0.29) is 18.1 Å². The number of hydrogen-bond acceptors (Lipinski definition) is 6. The molecule has 0 spiro atoms. The number of aliphatic hydroxyl groups excluding tert-OH is 1. The van der Waals surface area contributed by atoms with Gasteiger partial charge in [0.15, 0.2) is 0 Å². The standard InChI is InChI=1S/C25H34N4O3/c30-22-5-3-14-28(19-22)17-13-27-25(31)20-6-8-23(9-7-20)32-24-10-15-29(16-11-24)18-21-4-1-2-12-26-21/h1-2,4,6-9,12,22,24,30H,3,5,10-11,13-19H2,(H,27,31). The second kappa shape index (κ2) is 11.4. The normalized spacial score (nSPS) is 20.7. The van der Waals surface area contributed by atoms with Crippen LogP contribution in [-0.2, 0) is 6.54 Å². The first kappa shape index (κ1) is 22.7. The van der Waals surface area contributed by atoms with E-state index in [0.29, 0.717) is 18.7 Å². The Morgan fingerprint density at radius 1 is 1.06 bits per heavy atom. The molecule has 4 rings (SSSR count). The number of β-amino-alcohol motifs (C(OH)–C–C–N with tert-alkyl or cyclic N) is 1. The molecular weight excluding hydrogens is 404 g/mol. The van der Waals surface area contributed by atoms with Crippen molar-refractivity contribution in [1.29, 1.82) is 0 Å². The molecule has 0 aliphatic carbocycles. The molecule has 7 heteroatoms. The Morgan fingerprint density at radius 2 is 1.88 bits per heavy atom. The van der Waals surface area contributed by atoms with Crippen LogP contribution in [0.1, 0.15) is 41.7 Å². The first-order chi connectivity index (χ1) is 15.7. The summed E-state index contributed by atoms with van der Waals surface area (Å²) in [5.41, 5.74) is 1.75. The molecule has 1 unspecified atom stereocenters. The van der Waals surface area contributed by atoms with Crippen molar-refractivity contribution in [1.82, 2.24) is 20.1 Å². The van der Waals surface area contributed by atoms with Crippen LogP contribution in [0.4, 0.5) is 0 Å². The fourth-order valence-corrected chi connectivity index (χ4v) is 4.45. The number of hydrogen-bond donors (Lipinski definition) is 2. The van der Waals surface area contributed by atoms with Gasteiger partial charge in [0.2, 0.25) is 0 Å². The zero-order chi connectivity index (χ0) is 22.2. The van der Waals surface area contributed by atoms with Gasteiger partial charge in [-0.3, -0.25) is 19.6 Å². The molecule has 2 aliphatic rings. The monoisotopic (exact) mass is 438 g/mol. The predicted molar refractivity (Wildman–Crippen MR) is 124 cm³/mol. The summed E-state index contributed by atoms with van der Waals surface area (Å²) in [4.78, 5) is 21.4. The van der Waals surface area contributed by atoms with Crippen LogP contribution >= 0.6 is 0 Å². The Bertz CT molecular complexity index is 838. The van der Waals surface area contributed by atoms with Crippen LogP contribution in [-0.4, -0.2) is 77.3 Å². The summed E-state index contributed by atoms with van der Waals surface area (Å²) in [6, 6.07) is 13.5. The molecule has 1 amide bonds. The Hall–Kier alpha value is -2.48. The number of aromatic nitrogens is 1. The Balaban J connectivity index is 1.16. The van der Waals surface area contributed by atoms with Gasteiger partial charge in [-0.15, -0.1) is 0 Å². The molecule has 7 nitrogen and oxygen atoms in total. The third kappa shape index (κ3) is 6.76. The highest BCUT2D eigenvalue weighted by atomic mass is 16.5. The van der Waals surface area contributed by atoms with Gasteiger partial charge in [-0.2, -0.15) is 0 Å². The number of piperidine rings is 2. The highest BCUT2D eigenvalue weighted by Crippen LogP contribution is 2.20. The maximum atomic E-state index is 12.4. The van der Waals surface area contributed by atoms with E-state index in [0.717, 1.165) is 69.9 Å². The fraction of sp³-hybridized carbons (Fsp3) is 0.520. The summed E-state index contributed by atoms with van der Waals surface area (Å²) in [7, 11) is 0. The van der Waals surface area contributed by atoms with Crippen LogP contribution in [0, 0.1) is 0 Å². The van der Waals surface area contributed by atoms with Crippen molar-refractivity contribution in [3.8, 4) is 5.75 Å². The largest absolute Gasteiger partial charge is 0.490 e. The van der Waals surface area contributed by atoms with E-state index in [1.807, 2.05) is 42.6 Å². The fourth-order valence-electron chi connectivity index (χ4n) is 4.45. The summed E-state index contributed by atoms with van der Waals surface area (Å²) in [6.45, 7) is 5.91. The molecule has 1 atom stereocenters. The number of aliphatic hydroxyl groups is 1. The number of benzene rings is 1. The van der Waals surface area contributed by atoms with Crippen molar-refractivity contribution < 1.29 is 14.6 Å². The van der Waals surface area contributed by atoms with Crippen LogP contribution < -0.4 is 10.1 Å². The van der Waals surface area contributed by atoms with Crippen LogP contribution in [0.5, 0.6) is 5.75 Å². The van der Waals surface area contributed by atoms with E-state index in [4.69, 9.17) is 4.74 Å². The number of amides is 1. The van der Waals surface area contributed by atoms with Crippen molar-refractivity contribution in [3.63, 3.8) is 0 Å². The van der Waals surface area contributed by atoms with Gasteiger partial charge in [0.25, 0.3) is 5.91 Å². The highest BCUT2D eigenvalue weighted by molar-refractivity contribution is 5.94. The zero-order valence-corrected chi connectivity index (χ0v) is 18.7. The molecule has 2 fully saturated rings. The number of rotatable bonds is 8. The van der Waals surface area contributed by atoms with E-state index in [2.05, 4.69) is 26.2 Å². The molecule has 172 valence electrons. The Kier molecular flexibility index (Phi) is 8.09. The molecule has 2 saturated heterocycles. The lowest BCUT2D eigenvalue weighted by Gasteiger charge is -2.31. The first-order valence-corrected chi connectivity index (χ1v) is 11.7. The average molecular weight is 439 g/mol. The zero-order valence-electron chi connectivity index (χ0n) is 18.7. The minimum atomic E-state index is -0.236. The lowest BCUT2D eigenvalue weighted by atomic mass is 10.1. The molecular formula is C25H34N4O3. The topological polar surface area (TPSA) is 77.9 Å². The van der Waals surface area contributed by atoms with Crippen molar-refractivity contribution in [2.75, 3.05) is 39.3 Å². The molecule has 2 aromatic rings. The number of ether oxygens (including phenoxy) is 1. The lowest BCUT2D eigenvalue weighted by Crippen LogP contribution is -2.42. The van der Waals surface area contributed by atoms with E-state index < -0.39 is 0 Å². The molecule has 3 heterocycles. The molecule has 0 saturated carbocycles. The van der Waals surface area contributed by atoms with Gasteiger partial charge < -0.3 is 15.2 Å². The van der Waals surface area contributed by atoms with E-state index in [1.165, 1.54) is 0 Å². The Morgan fingerprint density at radius 3 is 2.59 bits per heavy atom. The third-order valence-electron chi connectivity index (χ3n) is 6.26. The van der Waals surface area contributed by atoms with E-state index in [9.17, 15) is 9.90 Å². The van der Waals surface area contributed by atoms with Crippen molar-refractivity contribution in [2.45, 2.75) is 44.4 Å². The molecule has 1 aromatic carbocycles. The summed E-state index contributed by atoms with van der Waals surface area (Å²) < 4.78 is 6.15. The maximum Gasteiger partial charge on any atom is 0.251 e. The molecule has 0 radical (unpaired) electrons. The third-order valence-corrected chi connectivity index (χ3v) is 6.26. The average Bonchev–Trinajstić information content (AvgIpc) is 2.81. The van der Waals surface area contributed by atoms with Gasteiger partial charge in [0.05, 0.1) is 11.8 Å². The van der Waals surface area contributed by atoms with Crippen LogP contribution in [0.15, 0.2) is 48.7 Å². The summed E-state index contributed by atoms with van der Waals surface area (Å²) >= 11 is 0. The summed E-state index contributed by atoms with van der Waals surface area (Å²) in [5, 5.41) is 12.7. The molecule has 2 N–H and O–H groups in total. The molecule has 32 heavy (non-hydrogen) atoms. The first-order valence-electron chi connectivity index (χ1n) is 11.7. The van der Waals surface area contributed by atoms with Gasteiger partial charge in [0, 0.05) is 51.0 Å². The molecule has 1 aromatic heterocycles. The minimum absolute atomic E-state index is 0.0723. The van der Waals surface area contributed by atoms with Gasteiger partial charge in [0.1, 0.15) is 11.9 Å². The van der Waals surface area contributed by atoms with Gasteiger partial charge in [-0.1, -0.05) is 6.07 Å². The number of carbonyl (C=O) groups is 1. The maximum absolute atomic E-state index is 12.4. The number of nitrogens with one attached hydrogen (secondary N) is 1. The molecule has 2 aliphatic heterocycles. The highest BCUT2D eigenvalue weighted by Gasteiger charge is 2.21. The number of likely N-dealkylation sites (tertiary alicyclic amines) is 2. The smallest absolute Gasteiger partial charge is 0.251 e. The Labute approximate surface area is 190 Å². The SMILES string of the molecule is O=C(NCCN1CCCC(O)C1)c1ccc(OC2CCN(Cc3ccccn3)CC2)cc1. The van der Waals surface area contributed by atoms with Gasteiger partial charge >= 0.3 is 0 Å². The second-order valence-electron chi connectivity index (χ2n) is 8.79. The second-order valence-corrected chi connectivity index (χ2v) is 8.79. The molecule has 0 bridgehead atoms. The van der Waals surface area contributed by atoms with Gasteiger partial charge in [-0.05, 0) is 68.6 Å². The van der Waals surface area contributed by atoms with Gasteiger partial charge in [-0.25, -0.2) is 0 Å². The van der Waals surface area contributed by atoms with Crippen molar-refractivity contribution >= 4 is 5.91 Å². The van der Waals surface area contributed by atoms with Crippen LogP contribution in [0.3, 0.4) is 0 Å². The summed E-state index contributed by atoms with van der Waals surface area (Å²) in [6.07, 6.45) is 5.67. The number of nitrogens with zero attached hydrogens (tertiary/aromatic N) is 3. The lowest BCUT2D eigenvalue weighted by molar-refractivity contribution is 0.0703. The minimum Gasteiger partial charge on any atom is -0.490 e. The van der Waals surface area contributed by atoms with Crippen LogP contribution in [0.25, 0.3) is 0 Å². The number of pyridine rings is 1. The number of carbonyl (C=O) groups excluding carboxylic acids is 1. The quantitative estimate of drug-likeness (QED) is 0.659. The van der Waals surface area contributed by atoms with E-state index >= 15 is 0 Å². The van der Waals surface area contributed by atoms with E-state index in [1.54, 1.807) is 0 Å². The van der Waals surface area contributed by atoms with Crippen molar-refractivity contribution in [3.05, 3.63) is 59.9 Å². The summed E-state index contributed by atoms with van der Waals surface area (Å²) in [5.74, 6) is 0.740. The predicted octanol–water partition coefficient (Wildman–Crippen LogP) is 2.31.